The fraction of sp³-hybridized carbons (Fsp3) is 0.214. The molecule has 8 heteroatoms. The van der Waals surface area contributed by atoms with E-state index in [0.717, 1.165) is 11.4 Å². The number of aromatic nitrogens is 2. The minimum Gasteiger partial charge on any atom is -0.492 e. The third-order valence-corrected chi connectivity index (χ3v) is 5.94. The van der Waals surface area contributed by atoms with E-state index >= 15 is 0 Å². The quantitative estimate of drug-likeness (QED) is 0.428. The van der Waals surface area contributed by atoms with E-state index in [0.29, 0.717) is 60.9 Å². The SMILES string of the molecule is C#Cc1cccc(C(=O)N2CCN(c3ccc(-c4cc(OCC)cnc4C(C#N)=CN)cn3)CC2)c1. The summed E-state index contributed by atoms with van der Waals surface area (Å²) in [5, 5.41) is 9.47. The fourth-order valence-electron chi connectivity index (χ4n) is 4.09. The van der Waals surface area contributed by atoms with Crippen LogP contribution in [0, 0.1) is 23.7 Å². The molecule has 1 aliphatic rings. The number of anilines is 1. The molecule has 3 heterocycles. The molecule has 0 radical (unpaired) electrons. The first kappa shape index (κ1) is 24.3. The molecule has 1 amide bonds. The number of amides is 1. The predicted octanol–water partition coefficient (Wildman–Crippen LogP) is 3.31. The summed E-state index contributed by atoms with van der Waals surface area (Å²) in [5.74, 6) is 3.96. The van der Waals surface area contributed by atoms with Crippen LogP contribution in [0.2, 0.25) is 0 Å². The normalized spacial score (nSPS) is 13.6. The fourth-order valence-corrected chi connectivity index (χ4v) is 4.09. The van der Waals surface area contributed by atoms with Crippen molar-refractivity contribution < 1.29 is 9.53 Å². The molecule has 1 saturated heterocycles. The Hall–Kier alpha value is -4.82. The summed E-state index contributed by atoms with van der Waals surface area (Å²) in [6, 6.07) is 14.9. The molecule has 8 nitrogen and oxygen atoms in total. The Bertz CT molecular complexity index is 1360. The summed E-state index contributed by atoms with van der Waals surface area (Å²) in [6.45, 7) is 4.88. The van der Waals surface area contributed by atoms with Crippen molar-refractivity contribution in [2.75, 3.05) is 37.7 Å². The molecule has 1 fully saturated rings. The second-order valence-electron chi connectivity index (χ2n) is 8.10. The number of terminal acetylenes is 1. The number of pyridine rings is 2. The topological polar surface area (TPSA) is 108 Å². The number of piperazine rings is 1. The van der Waals surface area contributed by atoms with Crippen LogP contribution in [0.1, 0.15) is 28.5 Å². The number of nitrogens with two attached hydrogens (primary N) is 1. The number of allylic oxidation sites excluding steroid dienone is 1. The number of carbonyl (C=O) groups is 1. The van der Waals surface area contributed by atoms with Gasteiger partial charge in [-0.1, -0.05) is 12.0 Å². The highest BCUT2D eigenvalue weighted by atomic mass is 16.5. The molecule has 4 rings (SSSR count). The molecule has 36 heavy (non-hydrogen) atoms. The van der Waals surface area contributed by atoms with Crippen LogP contribution in [0.5, 0.6) is 5.75 Å². The Balaban J connectivity index is 1.49. The highest BCUT2D eigenvalue weighted by Gasteiger charge is 2.23. The van der Waals surface area contributed by atoms with Crippen LogP contribution in [-0.2, 0) is 0 Å². The summed E-state index contributed by atoms with van der Waals surface area (Å²) in [4.78, 5) is 25.9. The minimum absolute atomic E-state index is 0.0227. The average molecular weight is 479 g/mol. The second kappa shape index (κ2) is 11.1. The molecule has 1 aliphatic heterocycles. The lowest BCUT2D eigenvalue weighted by Gasteiger charge is -2.35. The minimum atomic E-state index is -0.0227. The third-order valence-electron chi connectivity index (χ3n) is 5.94. The number of rotatable bonds is 6. The number of nitrogens with zero attached hydrogens (tertiary/aromatic N) is 5. The lowest BCUT2D eigenvalue weighted by molar-refractivity contribution is 0.0746. The van der Waals surface area contributed by atoms with E-state index in [2.05, 4.69) is 26.9 Å². The van der Waals surface area contributed by atoms with Crippen LogP contribution >= 0.6 is 0 Å². The predicted molar refractivity (Wildman–Crippen MR) is 139 cm³/mol. The van der Waals surface area contributed by atoms with Crippen LogP contribution in [-0.4, -0.2) is 53.6 Å². The van der Waals surface area contributed by atoms with Crippen molar-refractivity contribution in [3.63, 3.8) is 0 Å². The molecule has 2 N–H and O–H groups in total. The van der Waals surface area contributed by atoms with Gasteiger partial charge in [0.25, 0.3) is 5.91 Å². The first-order valence-corrected chi connectivity index (χ1v) is 11.6. The largest absolute Gasteiger partial charge is 0.492 e. The Kier molecular flexibility index (Phi) is 7.48. The van der Waals surface area contributed by atoms with Gasteiger partial charge < -0.3 is 20.3 Å². The number of hydrogen-bond acceptors (Lipinski definition) is 7. The van der Waals surface area contributed by atoms with Gasteiger partial charge in [-0.05, 0) is 43.3 Å². The molecule has 0 unspecified atom stereocenters. The zero-order valence-corrected chi connectivity index (χ0v) is 20.0. The maximum Gasteiger partial charge on any atom is 0.254 e. The van der Waals surface area contributed by atoms with E-state index in [1.165, 1.54) is 6.20 Å². The number of ether oxygens (including phenoxy) is 1. The van der Waals surface area contributed by atoms with Gasteiger partial charge in [0, 0.05) is 60.8 Å². The van der Waals surface area contributed by atoms with Gasteiger partial charge in [-0.2, -0.15) is 5.26 Å². The van der Waals surface area contributed by atoms with Crippen molar-refractivity contribution in [2.24, 2.45) is 5.73 Å². The van der Waals surface area contributed by atoms with Gasteiger partial charge in [-0.25, -0.2) is 4.98 Å². The zero-order chi connectivity index (χ0) is 25.5. The first-order chi connectivity index (χ1) is 17.6. The Morgan fingerprint density at radius 1 is 1.17 bits per heavy atom. The molecule has 180 valence electrons. The molecule has 3 aromatic rings. The highest BCUT2D eigenvalue weighted by molar-refractivity contribution is 5.94. The molecule has 2 aromatic heterocycles. The monoisotopic (exact) mass is 478 g/mol. The van der Waals surface area contributed by atoms with Crippen molar-refractivity contribution in [1.29, 1.82) is 5.26 Å². The summed E-state index contributed by atoms with van der Waals surface area (Å²) < 4.78 is 5.60. The average Bonchev–Trinajstić information content (AvgIpc) is 2.94. The van der Waals surface area contributed by atoms with E-state index in [1.807, 2.05) is 36.1 Å². The van der Waals surface area contributed by atoms with Gasteiger partial charge >= 0.3 is 0 Å². The summed E-state index contributed by atoms with van der Waals surface area (Å²) in [6.07, 6.45) is 10.0. The lowest BCUT2D eigenvalue weighted by Crippen LogP contribution is -2.49. The lowest BCUT2D eigenvalue weighted by atomic mass is 10.0. The van der Waals surface area contributed by atoms with Gasteiger partial charge in [-0.15, -0.1) is 6.42 Å². The van der Waals surface area contributed by atoms with E-state index < -0.39 is 0 Å². The van der Waals surface area contributed by atoms with Crippen LogP contribution in [0.4, 0.5) is 5.82 Å². The smallest absolute Gasteiger partial charge is 0.254 e. The standard InChI is InChI=1S/C28H26N6O2/c1-3-20-6-5-7-21(14-20)28(35)34-12-10-33(11-13-34)26-9-8-22(18-31-26)25-15-24(36-4-2)19-32-27(25)23(16-29)17-30/h1,5-9,14-16,18-19H,4,10-13,29H2,2H3. The van der Waals surface area contributed by atoms with E-state index in [4.69, 9.17) is 16.9 Å². The number of carbonyl (C=O) groups excluding carboxylic acids is 1. The van der Waals surface area contributed by atoms with Crippen LogP contribution < -0.4 is 15.4 Å². The van der Waals surface area contributed by atoms with Gasteiger partial charge in [0.1, 0.15) is 17.6 Å². The maximum absolute atomic E-state index is 12.9. The molecule has 0 saturated carbocycles. The zero-order valence-electron chi connectivity index (χ0n) is 20.0. The molecular weight excluding hydrogens is 452 g/mol. The van der Waals surface area contributed by atoms with Crippen molar-refractivity contribution in [2.45, 2.75) is 6.92 Å². The summed E-state index contributed by atoms with van der Waals surface area (Å²) in [7, 11) is 0. The van der Waals surface area contributed by atoms with Crippen molar-refractivity contribution in [3.05, 3.63) is 77.9 Å². The summed E-state index contributed by atoms with van der Waals surface area (Å²) >= 11 is 0. The molecule has 1 aromatic carbocycles. The Labute approximate surface area is 210 Å². The van der Waals surface area contributed by atoms with Crippen molar-refractivity contribution in [1.82, 2.24) is 14.9 Å². The third kappa shape index (κ3) is 5.13. The van der Waals surface area contributed by atoms with Crippen LogP contribution in [0.3, 0.4) is 0 Å². The van der Waals surface area contributed by atoms with E-state index in [-0.39, 0.29) is 11.5 Å². The van der Waals surface area contributed by atoms with Crippen molar-refractivity contribution in [3.8, 4) is 35.3 Å². The Morgan fingerprint density at radius 3 is 2.61 bits per heavy atom. The van der Waals surface area contributed by atoms with Gasteiger partial charge in [0.05, 0.1) is 24.1 Å². The Morgan fingerprint density at radius 2 is 1.97 bits per heavy atom. The highest BCUT2D eigenvalue weighted by Crippen LogP contribution is 2.31. The second-order valence-corrected chi connectivity index (χ2v) is 8.10. The number of nitriles is 1. The van der Waals surface area contributed by atoms with Crippen LogP contribution in [0.25, 0.3) is 16.7 Å². The van der Waals surface area contributed by atoms with Crippen LogP contribution in [0.15, 0.2) is 61.1 Å². The molecule has 0 aliphatic carbocycles. The van der Waals surface area contributed by atoms with Crippen molar-refractivity contribution >= 4 is 17.3 Å². The first-order valence-electron chi connectivity index (χ1n) is 11.6. The van der Waals surface area contributed by atoms with E-state index in [9.17, 15) is 10.1 Å². The molecule has 0 bridgehead atoms. The molecule has 0 atom stereocenters. The number of benzene rings is 1. The molecule has 0 spiro atoms. The number of hydrogen-bond donors (Lipinski definition) is 1. The van der Waals surface area contributed by atoms with Gasteiger partial charge in [0.15, 0.2) is 0 Å². The van der Waals surface area contributed by atoms with E-state index in [1.54, 1.807) is 30.6 Å². The molecular formula is C28H26N6O2. The maximum atomic E-state index is 12.9. The summed E-state index contributed by atoms with van der Waals surface area (Å²) in [5.41, 5.74) is 9.19. The van der Waals surface area contributed by atoms with Gasteiger partial charge in [0.2, 0.25) is 0 Å². The van der Waals surface area contributed by atoms with Gasteiger partial charge in [-0.3, -0.25) is 9.78 Å².